The van der Waals surface area contributed by atoms with Crippen molar-refractivity contribution in [1.29, 1.82) is 0 Å². The summed E-state index contributed by atoms with van der Waals surface area (Å²) in [5, 5.41) is 5.07. The van der Waals surface area contributed by atoms with Gasteiger partial charge in [0, 0.05) is 11.6 Å². The predicted molar refractivity (Wildman–Crippen MR) is 132 cm³/mol. The molecule has 1 unspecified atom stereocenters. The number of nitrogen functional groups attached to an aromatic ring is 1. The second-order valence-corrected chi connectivity index (χ2v) is 8.65. The van der Waals surface area contributed by atoms with Crippen molar-refractivity contribution in [1.82, 2.24) is 29.3 Å². The molecule has 2 N–H and O–H groups in total. The van der Waals surface area contributed by atoms with E-state index in [0.29, 0.717) is 28.1 Å². The van der Waals surface area contributed by atoms with Crippen LogP contribution in [0.3, 0.4) is 0 Å². The highest BCUT2D eigenvalue weighted by atomic mass is 19.1. The van der Waals surface area contributed by atoms with Crippen LogP contribution in [0.5, 0.6) is 5.75 Å². The maximum atomic E-state index is 14.5. The third kappa shape index (κ3) is 3.55. The highest BCUT2D eigenvalue weighted by Gasteiger charge is 2.26. The van der Waals surface area contributed by atoms with Crippen LogP contribution in [0.15, 0.2) is 47.5 Å². The number of halogens is 2. The monoisotopic (exact) mass is 491 g/mol. The van der Waals surface area contributed by atoms with Crippen molar-refractivity contribution < 1.29 is 13.5 Å². The van der Waals surface area contributed by atoms with Gasteiger partial charge in [-0.3, -0.25) is 9.36 Å². The molecule has 5 aromatic rings. The lowest BCUT2D eigenvalue weighted by Crippen LogP contribution is -2.30. The van der Waals surface area contributed by atoms with Gasteiger partial charge in [0.05, 0.1) is 18.0 Å². The molecule has 0 aliphatic heterocycles. The maximum absolute atomic E-state index is 14.5. The first kappa shape index (κ1) is 23.3. The largest absolute Gasteiger partial charge is 0.494 e. The van der Waals surface area contributed by atoms with Gasteiger partial charge in [-0.15, -0.1) is 0 Å². The zero-order valence-electron chi connectivity index (χ0n) is 20.0. The quantitative estimate of drug-likeness (QED) is 0.391. The number of anilines is 1. The van der Waals surface area contributed by atoms with Crippen molar-refractivity contribution in [2.24, 2.45) is 0 Å². The van der Waals surface area contributed by atoms with Gasteiger partial charge in [0.15, 0.2) is 17.2 Å². The van der Waals surface area contributed by atoms with Gasteiger partial charge >= 0.3 is 0 Å². The minimum atomic E-state index is -0.632. The predicted octanol–water partition coefficient (Wildman–Crippen LogP) is 4.26. The Morgan fingerprint density at radius 2 is 1.81 bits per heavy atom. The molecule has 0 aliphatic carbocycles. The van der Waals surface area contributed by atoms with Gasteiger partial charge in [-0.25, -0.2) is 28.4 Å². The van der Waals surface area contributed by atoms with Gasteiger partial charge in [-0.1, -0.05) is 6.07 Å². The third-order valence-electron chi connectivity index (χ3n) is 6.11. The van der Waals surface area contributed by atoms with Crippen LogP contribution in [0.25, 0.3) is 33.2 Å². The molecule has 36 heavy (non-hydrogen) atoms. The maximum Gasteiger partial charge on any atom is 0.264 e. The average molecular weight is 492 g/mol. The Labute approximate surface area is 204 Å². The number of ether oxygens (including phenoxy) is 1. The first-order valence-electron chi connectivity index (χ1n) is 11.3. The SMILES string of the molecule is COc1ccc(-c2nn(C(C)c3nc4cccc(F)c4c(=O)n3C(C)C)c3ncnc(N)c23)cc1F. The molecule has 3 aromatic heterocycles. The number of fused-ring (bicyclic) bond motifs is 2. The Morgan fingerprint density at radius 3 is 2.50 bits per heavy atom. The lowest BCUT2D eigenvalue weighted by atomic mass is 10.1. The van der Waals surface area contributed by atoms with Crippen molar-refractivity contribution in [3.63, 3.8) is 0 Å². The Hall–Kier alpha value is -4.41. The van der Waals surface area contributed by atoms with Crippen molar-refractivity contribution in [3.05, 3.63) is 70.5 Å². The Bertz CT molecular complexity index is 1690. The number of hydrogen-bond acceptors (Lipinski definition) is 7. The van der Waals surface area contributed by atoms with E-state index in [0.717, 1.165) is 0 Å². The van der Waals surface area contributed by atoms with E-state index in [1.165, 1.54) is 42.3 Å². The average Bonchev–Trinajstić information content (AvgIpc) is 3.24. The topological polar surface area (TPSA) is 114 Å². The summed E-state index contributed by atoms with van der Waals surface area (Å²) in [6, 6.07) is 7.84. The summed E-state index contributed by atoms with van der Waals surface area (Å²) < 4.78 is 37.1. The molecule has 9 nitrogen and oxygen atoms in total. The van der Waals surface area contributed by atoms with E-state index in [1.807, 2.05) is 13.8 Å². The highest BCUT2D eigenvalue weighted by Crippen LogP contribution is 2.34. The number of aromatic nitrogens is 6. The van der Waals surface area contributed by atoms with Crippen LogP contribution in [-0.4, -0.2) is 36.4 Å². The van der Waals surface area contributed by atoms with Crippen molar-refractivity contribution in [3.8, 4) is 17.0 Å². The molecule has 5 rings (SSSR count). The highest BCUT2D eigenvalue weighted by molar-refractivity contribution is 5.98. The number of methoxy groups -OCH3 is 1. The fourth-order valence-electron chi connectivity index (χ4n) is 4.40. The summed E-state index contributed by atoms with van der Waals surface area (Å²) in [6.07, 6.45) is 1.31. The number of nitrogens with zero attached hydrogens (tertiary/aromatic N) is 6. The lowest BCUT2D eigenvalue weighted by Gasteiger charge is -2.21. The fraction of sp³-hybridized carbons (Fsp3) is 0.240. The van der Waals surface area contributed by atoms with E-state index in [9.17, 15) is 13.6 Å². The zero-order chi connectivity index (χ0) is 25.7. The van der Waals surface area contributed by atoms with Gasteiger partial charge in [0.1, 0.15) is 40.9 Å². The molecule has 11 heteroatoms. The van der Waals surface area contributed by atoms with Crippen LogP contribution in [0.4, 0.5) is 14.6 Å². The Morgan fingerprint density at radius 1 is 1.03 bits per heavy atom. The van der Waals surface area contributed by atoms with Gasteiger partial charge in [0.25, 0.3) is 5.56 Å². The molecule has 3 heterocycles. The standard InChI is InChI=1S/C25H23F2N7O2/c1-12(2)33-23(31-17-7-5-6-15(26)19(17)25(33)35)13(3)34-24-20(22(28)29-11-30-24)21(32-34)14-8-9-18(36-4)16(27)10-14/h5-13H,1-4H3,(H2,28,29,30). The van der Waals surface area contributed by atoms with E-state index in [4.69, 9.17) is 15.6 Å². The van der Waals surface area contributed by atoms with Crippen LogP contribution in [0, 0.1) is 11.6 Å². The molecule has 0 amide bonds. The summed E-state index contributed by atoms with van der Waals surface area (Å²) in [5.41, 5.74) is 7.14. The van der Waals surface area contributed by atoms with Gasteiger partial charge < -0.3 is 10.5 Å². The molecule has 0 bridgehead atoms. The summed E-state index contributed by atoms with van der Waals surface area (Å²) in [4.78, 5) is 26.5. The van der Waals surface area contributed by atoms with Crippen LogP contribution in [0.1, 0.15) is 38.7 Å². The fourth-order valence-corrected chi connectivity index (χ4v) is 4.40. The van der Waals surface area contributed by atoms with Crippen molar-refractivity contribution >= 4 is 27.8 Å². The van der Waals surface area contributed by atoms with E-state index < -0.39 is 23.2 Å². The van der Waals surface area contributed by atoms with Gasteiger partial charge in [-0.05, 0) is 51.1 Å². The van der Waals surface area contributed by atoms with Crippen LogP contribution >= 0.6 is 0 Å². The zero-order valence-corrected chi connectivity index (χ0v) is 20.0. The minimum absolute atomic E-state index is 0.0755. The molecule has 0 saturated carbocycles. The van der Waals surface area contributed by atoms with E-state index in [-0.39, 0.29) is 28.5 Å². The summed E-state index contributed by atoms with van der Waals surface area (Å²) in [7, 11) is 1.38. The Kier molecular flexibility index (Phi) is 5.62. The lowest BCUT2D eigenvalue weighted by molar-refractivity contribution is 0.386. The second kappa shape index (κ2) is 8.67. The van der Waals surface area contributed by atoms with Gasteiger partial charge in [-0.2, -0.15) is 5.10 Å². The first-order chi connectivity index (χ1) is 17.2. The minimum Gasteiger partial charge on any atom is -0.494 e. The molecular weight excluding hydrogens is 468 g/mol. The van der Waals surface area contributed by atoms with E-state index >= 15 is 0 Å². The molecule has 0 fully saturated rings. The summed E-state index contributed by atoms with van der Waals surface area (Å²) >= 11 is 0. The number of benzene rings is 2. The summed E-state index contributed by atoms with van der Waals surface area (Å²) in [6.45, 7) is 5.44. The van der Waals surface area contributed by atoms with E-state index in [1.54, 1.807) is 23.7 Å². The van der Waals surface area contributed by atoms with Crippen molar-refractivity contribution in [2.75, 3.05) is 12.8 Å². The van der Waals surface area contributed by atoms with Crippen molar-refractivity contribution in [2.45, 2.75) is 32.9 Å². The Balaban J connectivity index is 1.78. The molecule has 0 aliphatic rings. The molecule has 0 spiro atoms. The number of rotatable bonds is 5. The van der Waals surface area contributed by atoms with Crippen LogP contribution in [-0.2, 0) is 0 Å². The second-order valence-electron chi connectivity index (χ2n) is 8.65. The number of hydrogen-bond donors (Lipinski definition) is 1. The molecule has 2 aromatic carbocycles. The molecule has 1 atom stereocenters. The third-order valence-corrected chi connectivity index (χ3v) is 6.11. The molecule has 0 radical (unpaired) electrons. The van der Waals surface area contributed by atoms with E-state index in [2.05, 4.69) is 15.0 Å². The molecule has 184 valence electrons. The van der Waals surface area contributed by atoms with Gasteiger partial charge in [0.2, 0.25) is 0 Å². The normalized spacial score (nSPS) is 12.5. The summed E-state index contributed by atoms with van der Waals surface area (Å²) in [5.74, 6) is -0.573. The molecule has 0 saturated heterocycles. The first-order valence-corrected chi connectivity index (χ1v) is 11.3. The number of nitrogens with two attached hydrogens (primary N) is 1. The van der Waals surface area contributed by atoms with Crippen LogP contribution < -0.4 is 16.0 Å². The van der Waals surface area contributed by atoms with Crippen LogP contribution in [0.2, 0.25) is 0 Å². The molecular formula is C25H23F2N7O2. The smallest absolute Gasteiger partial charge is 0.264 e.